The third kappa shape index (κ3) is 2.45. The van der Waals surface area contributed by atoms with Crippen LogP contribution in [0.2, 0.25) is 0 Å². The molecule has 2 N–H and O–H groups in total. The van der Waals surface area contributed by atoms with E-state index in [-0.39, 0.29) is 12.1 Å². The van der Waals surface area contributed by atoms with Gasteiger partial charge in [-0.05, 0) is 30.2 Å². The topological polar surface area (TPSA) is 55.6 Å². The van der Waals surface area contributed by atoms with Crippen LogP contribution in [0, 0.1) is 17.8 Å². The molecule has 1 aromatic rings. The number of carbonyl (C=O) groups is 1. The molecular formula is C15H20N2O2. The molecule has 3 atom stereocenters. The second-order valence-electron chi connectivity index (χ2n) is 5.71. The van der Waals surface area contributed by atoms with Crippen LogP contribution in [-0.2, 0) is 11.3 Å². The SMILES string of the molecule is CC(N)C1C2CN(C(=O)OCc3ccccc3)CC21. The third-order valence-corrected chi connectivity index (χ3v) is 4.33. The number of nitrogens with zero attached hydrogens (tertiary/aromatic N) is 1. The molecule has 2 aliphatic rings. The first kappa shape index (κ1) is 12.5. The van der Waals surface area contributed by atoms with Crippen molar-refractivity contribution in [3.63, 3.8) is 0 Å². The average molecular weight is 260 g/mol. The van der Waals surface area contributed by atoms with Gasteiger partial charge in [0.2, 0.25) is 0 Å². The largest absolute Gasteiger partial charge is 0.445 e. The van der Waals surface area contributed by atoms with Crippen LogP contribution < -0.4 is 5.73 Å². The van der Waals surface area contributed by atoms with Crippen LogP contribution in [0.25, 0.3) is 0 Å². The van der Waals surface area contributed by atoms with Gasteiger partial charge in [0, 0.05) is 19.1 Å². The zero-order valence-electron chi connectivity index (χ0n) is 11.2. The Morgan fingerprint density at radius 2 is 2.00 bits per heavy atom. The highest BCUT2D eigenvalue weighted by Gasteiger charge is 2.58. The Balaban J connectivity index is 1.46. The highest BCUT2D eigenvalue weighted by Crippen LogP contribution is 2.53. The molecule has 3 rings (SSSR count). The van der Waals surface area contributed by atoms with Crippen molar-refractivity contribution < 1.29 is 9.53 Å². The summed E-state index contributed by atoms with van der Waals surface area (Å²) in [6.45, 7) is 4.03. The Kier molecular flexibility index (Phi) is 3.19. The van der Waals surface area contributed by atoms with Gasteiger partial charge in [-0.15, -0.1) is 0 Å². The molecular weight excluding hydrogens is 240 g/mol. The van der Waals surface area contributed by atoms with Crippen LogP contribution in [0.4, 0.5) is 4.79 Å². The predicted molar refractivity (Wildman–Crippen MR) is 72.3 cm³/mol. The summed E-state index contributed by atoms with van der Waals surface area (Å²) in [5, 5.41) is 0. The van der Waals surface area contributed by atoms with Crippen LogP contribution in [0.15, 0.2) is 30.3 Å². The van der Waals surface area contributed by atoms with Gasteiger partial charge < -0.3 is 15.4 Å². The van der Waals surface area contributed by atoms with E-state index in [1.165, 1.54) is 0 Å². The first-order chi connectivity index (χ1) is 9.16. The molecule has 0 aromatic heterocycles. The molecule has 1 saturated carbocycles. The fraction of sp³-hybridized carbons (Fsp3) is 0.533. The number of amides is 1. The smallest absolute Gasteiger partial charge is 0.410 e. The molecule has 102 valence electrons. The summed E-state index contributed by atoms with van der Waals surface area (Å²) >= 11 is 0. The van der Waals surface area contributed by atoms with Crippen LogP contribution in [0.5, 0.6) is 0 Å². The molecule has 4 nitrogen and oxygen atoms in total. The van der Waals surface area contributed by atoms with E-state index in [1.54, 1.807) is 0 Å². The van der Waals surface area contributed by atoms with E-state index in [1.807, 2.05) is 35.2 Å². The van der Waals surface area contributed by atoms with Gasteiger partial charge in [0.1, 0.15) is 6.61 Å². The zero-order valence-corrected chi connectivity index (χ0v) is 11.2. The van der Waals surface area contributed by atoms with E-state index in [4.69, 9.17) is 10.5 Å². The van der Waals surface area contributed by atoms with Gasteiger partial charge in [0.05, 0.1) is 0 Å². The van der Waals surface area contributed by atoms with Crippen molar-refractivity contribution in [2.45, 2.75) is 19.6 Å². The van der Waals surface area contributed by atoms with Crippen molar-refractivity contribution in [1.29, 1.82) is 0 Å². The number of nitrogens with two attached hydrogens (primary N) is 1. The Hall–Kier alpha value is -1.55. The highest BCUT2D eigenvalue weighted by atomic mass is 16.6. The molecule has 4 heteroatoms. The molecule has 19 heavy (non-hydrogen) atoms. The molecule has 2 fully saturated rings. The van der Waals surface area contributed by atoms with E-state index in [0.717, 1.165) is 18.7 Å². The monoisotopic (exact) mass is 260 g/mol. The quantitative estimate of drug-likeness (QED) is 0.902. The normalized spacial score (nSPS) is 29.8. The lowest BCUT2D eigenvalue weighted by Crippen LogP contribution is -2.34. The minimum absolute atomic E-state index is 0.195. The minimum Gasteiger partial charge on any atom is -0.445 e. The van der Waals surface area contributed by atoms with Crippen molar-refractivity contribution in [2.75, 3.05) is 13.1 Å². The number of likely N-dealkylation sites (tertiary alicyclic amines) is 1. The summed E-state index contributed by atoms with van der Waals surface area (Å²) in [7, 11) is 0. The van der Waals surface area contributed by atoms with E-state index in [2.05, 4.69) is 6.92 Å². The maximum atomic E-state index is 11.9. The van der Waals surface area contributed by atoms with Gasteiger partial charge in [-0.1, -0.05) is 30.3 Å². The number of hydrogen-bond acceptors (Lipinski definition) is 3. The highest BCUT2D eigenvalue weighted by molar-refractivity contribution is 5.68. The van der Waals surface area contributed by atoms with Gasteiger partial charge in [-0.3, -0.25) is 0 Å². The first-order valence-electron chi connectivity index (χ1n) is 6.88. The standard InChI is InChI=1S/C15H20N2O2/c1-10(16)14-12-7-17(8-13(12)14)15(18)19-9-11-5-3-2-4-6-11/h2-6,10,12-14H,7-9,16H2,1H3. The molecule has 0 radical (unpaired) electrons. The number of carbonyl (C=O) groups excluding carboxylic acids is 1. The fourth-order valence-corrected chi connectivity index (χ4v) is 3.31. The number of ether oxygens (including phenoxy) is 1. The van der Waals surface area contributed by atoms with Gasteiger partial charge in [0.25, 0.3) is 0 Å². The van der Waals surface area contributed by atoms with Crippen LogP contribution in [0.1, 0.15) is 12.5 Å². The zero-order chi connectivity index (χ0) is 13.4. The Morgan fingerprint density at radius 3 is 2.58 bits per heavy atom. The lowest BCUT2D eigenvalue weighted by atomic mass is 10.1. The molecule has 0 bridgehead atoms. The van der Waals surface area contributed by atoms with Crippen LogP contribution in [-0.4, -0.2) is 30.1 Å². The lowest BCUT2D eigenvalue weighted by Gasteiger charge is -2.20. The predicted octanol–water partition coefficient (Wildman–Crippen LogP) is 1.85. The summed E-state index contributed by atoms with van der Waals surface area (Å²) in [4.78, 5) is 13.8. The molecule has 1 aromatic carbocycles. The number of rotatable bonds is 3. The Morgan fingerprint density at radius 1 is 1.37 bits per heavy atom. The van der Waals surface area contributed by atoms with Gasteiger partial charge in [0.15, 0.2) is 0 Å². The molecule has 1 saturated heterocycles. The van der Waals surface area contributed by atoms with Gasteiger partial charge in [-0.25, -0.2) is 4.79 Å². The fourth-order valence-electron chi connectivity index (χ4n) is 3.31. The van der Waals surface area contributed by atoms with E-state index >= 15 is 0 Å². The molecule has 3 unspecified atom stereocenters. The summed E-state index contributed by atoms with van der Waals surface area (Å²) in [5.41, 5.74) is 6.93. The second-order valence-corrected chi connectivity index (χ2v) is 5.71. The van der Waals surface area contributed by atoms with Crippen molar-refractivity contribution in [2.24, 2.45) is 23.5 Å². The summed E-state index contributed by atoms with van der Waals surface area (Å²) in [6, 6.07) is 10.0. The van der Waals surface area contributed by atoms with Crippen molar-refractivity contribution in [3.05, 3.63) is 35.9 Å². The van der Waals surface area contributed by atoms with Crippen LogP contribution >= 0.6 is 0 Å². The second kappa shape index (κ2) is 4.85. The van der Waals surface area contributed by atoms with Crippen molar-refractivity contribution in [1.82, 2.24) is 4.90 Å². The maximum Gasteiger partial charge on any atom is 0.410 e. The molecule has 1 aliphatic carbocycles. The number of benzene rings is 1. The summed E-state index contributed by atoms with van der Waals surface area (Å²) < 4.78 is 5.33. The Labute approximate surface area is 113 Å². The summed E-state index contributed by atoms with van der Waals surface area (Å²) in [6.07, 6.45) is -0.195. The average Bonchev–Trinajstić information content (AvgIpc) is 2.93. The Bertz CT molecular complexity index is 448. The molecule has 1 aliphatic heterocycles. The summed E-state index contributed by atoms with van der Waals surface area (Å²) in [5.74, 6) is 1.81. The molecule has 1 amide bonds. The van der Waals surface area contributed by atoms with E-state index < -0.39 is 0 Å². The van der Waals surface area contributed by atoms with Crippen LogP contribution in [0.3, 0.4) is 0 Å². The molecule has 1 heterocycles. The number of fused-ring (bicyclic) bond motifs is 1. The third-order valence-electron chi connectivity index (χ3n) is 4.33. The first-order valence-corrected chi connectivity index (χ1v) is 6.88. The van der Waals surface area contributed by atoms with Gasteiger partial charge in [-0.2, -0.15) is 0 Å². The van der Waals surface area contributed by atoms with Crippen molar-refractivity contribution in [3.8, 4) is 0 Å². The van der Waals surface area contributed by atoms with E-state index in [0.29, 0.717) is 24.4 Å². The number of piperidine rings is 1. The van der Waals surface area contributed by atoms with Gasteiger partial charge >= 0.3 is 6.09 Å². The minimum atomic E-state index is -0.195. The molecule has 0 spiro atoms. The lowest BCUT2D eigenvalue weighted by molar-refractivity contribution is 0.0982. The van der Waals surface area contributed by atoms with E-state index in [9.17, 15) is 4.79 Å². The number of hydrogen-bond donors (Lipinski definition) is 1. The maximum absolute atomic E-state index is 11.9. The van der Waals surface area contributed by atoms with Crippen molar-refractivity contribution >= 4 is 6.09 Å².